The molecule has 1 rings (SSSR count). The van der Waals surface area contributed by atoms with Gasteiger partial charge < -0.3 is 9.47 Å². The Morgan fingerprint density at radius 1 is 0.808 bits per heavy atom. The van der Waals surface area contributed by atoms with Crippen LogP contribution in [0, 0.1) is 0 Å². The maximum absolute atomic E-state index is 12.2. The molecular weight excluding hydrogens is 330 g/mol. The van der Waals surface area contributed by atoms with Crippen molar-refractivity contribution in [2.45, 2.75) is 103 Å². The number of nitrogens with zero attached hydrogens (tertiary/aromatic N) is 1. The number of likely N-dealkylation sites (tertiary alicyclic amines) is 1. The standard InChI is InChI=1S/C21H39NO4/c1-3-5-6-7-8-9-10-11-12-13-18-25-20(23)19-15-14-16-22(19)21(24)26-17-4-2/h19H,3-18H2,1-2H3. The van der Waals surface area contributed by atoms with E-state index >= 15 is 0 Å². The molecule has 1 saturated heterocycles. The molecule has 5 nitrogen and oxygen atoms in total. The first-order valence-corrected chi connectivity index (χ1v) is 10.8. The number of carbonyl (C=O) groups excluding carboxylic acids is 2. The third-order valence-electron chi connectivity index (χ3n) is 4.93. The molecule has 1 unspecified atom stereocenters. The van der Waals surface area contributed by atoms with Gasteiger partial charge in [0.25, 0.3) is 0 Å². The van der Waals surface area contributed by atoms with Crippen LogP contribution in [0.15, 0.2) is 0 Å². The number of hydrogen-bond donors (Lipinski definition) is 0. The minimum absolute atomic E-state index is 0.271. The molecule has 1 amide bonds. The Hall–Kier alpha value is -1.26. The summed E-state index contributed by atoms with van der Waals surface area (Å²) in [4.78, 5) is 25.7. The van der Waals surface area contributed by atoms with Crippen LogP contribution < -0.4 is 0 Å². The van der Waals surface area contributed by atoms with Crippen molar-refractivity contribution in [1.29, 1.82) is 0 Å². The zero-order valence-electron chi connectivity index (χ0n) is 17.0. The molecule has 26 heavy (non-hydrogen) atoms. The van der Waals surface area contributed by atoms with Gasteiger partial charge in [0.2, 0.25) is 0 Å². The smallest absolute Gasteiger partial charge is 0.410 e. The molecule has 1 atom stereocenters. The van der Waals surface area contributed by atoms with Crippen molar-refractivity contribution in [3.63, 3.8) is 0 Å². The Labute approximate surface area is 159 Å². The van der Waals surface area contributed by atoms with E-state index in [9.17, 15) is 9.59 Å². The van der Waals surface area contributed by atoms with Crippen LogP contribution in [0.3, 0.4) is 0 Å². The first-order valence-electron chi connectivity index (χ1n) is 10.8. The van der Waals surface area contributed by atoms with E-state index in [0.717, 1.165) is 25.7 Å². The molecule has 1 aliphatic heterocycles. The maximum Gasteiger partial charge on any atom is 0.410 e. The summed E-state index contributed by atoms with van der Waals surface area (Å²) in [7, 11) is 0. The van der Waals surface area contributed by atoms with Crippen molar-refractivity contribution in [1.82, 2.24) is 4.90 Å². The highest BCUT2D eigenvalue weighted by molar-refractivity contribution is 5.82. The fourth-order valence-corrected chi connectivity index (χ4v) is 3.36. The fourth-order valence-electron chi connectivity index (χ4n) is 3.36. The number of carbonyl (C=O) groups is 2. The Balaban J connectivity index is 2.04. The van der Waals surface area contributed by atoms with Crippen molar-refractivity contribution in [2.75, 3.05) is 19.8 Å². The largest absolute Gasteiger partial charge is 0.464 e. The lowest BCUT2D eigenvalue weighted by Gasteiger charge is -2.22. The van der Waals surface area contributed by atoms with Gasteiger partial charge in [-0.25, -0.2) is 9.59 Å². The summed E-state index contributed by atoms with van der Waals surface area (Å²) in [6.07, 6.45) is 14.5. The van der Waals surface area contributed by atoms with Crippen LogP contribution in [0.4, 0.5) is 4.79 Å². The molecule has 5 heteroatoms. The number of esters is 1. The first-order chi connectivity index (χ1) is 12.7. The highest BCUT2D eigenvalue weighted by atomic mass is 16.6. The van der Waals surface area contributed by atoms with Gasteiger partial charge in [0, 0.05) is 6.54 Å². The predicted molar refractivity (Wildman–Crippen MR) is 104 cm³/mol. The molecule has 0 aliphatic carbocycles. The zero-order chi connectivity index (χ0) is 19.0. The van der Waals surface area contributed by atoms with Crippen LogP contribution in [0.1, 0.15) is 97.3 Å². The van der Waals surface area contributed by atoms with Crippen molar-refractivity contribution in [3.05, 3.63) is 0 Å². The molecule has 1 heterocycles. The van der Waals surface area contributed by atoms with Crippen LogP contribution in [0.5, 0.6) is 0 Å². The monoisotopic (exact) mass is 369 g/mol. The molecule has 0 saturated carbocycles. The second-order valence-electron chi connectivity index (χ2n) is 7.32. The second kappa shape index (κ2) is 14.9. The summed E-state index contributed by atoms with van der Waals surface area (Å²) < 4.78 is 10.5. The van der Waals surface area contributed by atoms with E-state index in [1.54, 1.807) is 0 Å². The van der Waals surface area contributed by atoms with Crippen molar-refractivity contribution >= 4 is 12.1 Å². The molecule has 0 bridgehead atoms. The summed E-state index contributed by atoms with van der Waals surface area (Å²) in [6, 6.07) is -0.456. The number of rotatable bonds is 14. The zero-order valence-corrected chi connectivity index (χ0v) is 17.0. The molecule has 0 radical (unpaired) electrons. The van der Waals surface area contributed by atoms with Crippen molar-refractivity contribution in [3.8, 4) is 0 Å². The minimum atomic E-state index is -0.456. The molecule has 1 aliphatic rings. The number of amides is 1. The average Bonchev–Trinajstić information content (AvgIpc) is 3.14. The first kappa shape index (κ1) is 22.8. The van der Waals surface area contributed by atoms with Gasteiger partial charge in [-0.1, -0.05) is 71.6 Å². The molecule has 0 N–H and O–H groups in total. The van der Waals surface area contributed by atoms with Gasteiger partial charge in [0.15, 0.2) is 0 Å². The molecule has 0 aromatic rings. The average molecular weight is 370 g/mol. The van der Waals surface area contributed by atoms with Gasteiger partial charge in [-0.3, -0.25) is 4.90 Å². The van der Waals surface area contributed by atoms with E-state index in [1.807, 2.05) is 6.92 Å². The molecule has 0 aromatic heterocycles. The Bertz CT molecular complexity index is 386. The Morgan fingerprint density at radius 2 is 1.42 bits per heavy atom. The molecular formula is C21H39NO4. The topological polar surface area (TPSA) is 55.8 Å². The summed E-state index contributed by atoms with van der Waals surface area (Å²) in [6.45, 7) is 5.64. The van der Waals surface area contributed by atoms with Gasteiger partial charge in [-0.2, -0.15) is 0 Å². The van der Waals surface area contributed by atoms with Crippen LogP contribution >= 0.6 is 0 Å². The van der Waals surface area contributed by atoms with Gasteiger partial charge in [0.05, 0.1) is 13.2 Å². The maximum atomic E-state index is 12.2. The van der Waals surface area contributed by atoms with Crippen LogP contribution in [-0.2, 0) is 14.3 Å². The van der Waals surface area contributed by atoms with Crippen LogP contribution in [-0.4, -0.2) is 42.8 Å². The van der Waals surface area contributed by atoms with E-state index in [-0.39, 0.29) is 12.1 Å². The lowest BCUT2D eigenvalue weighted by Crippen LogP contribution is -2.41. The fraction of sp³-hybridized carbons (Fsp3) is 0.905. The summed E-state index contributed by atoms with van der Waals surface area (Å²) in [5.41, 5.74) is 0. The number of ether oxygens (including phenoxy) is 2. The summed E-state index contributed by atoms with van der Waals surface area (Å²) in [5, 5.41) is 0. The molecule has 0 aromatic carbocycles. The Kier molecular flexibility index (Phi) is 13.0. The van der Waals surface area contributed by atoms with Crippen LogP contribution in [0.25, 0.3) is 0 Å². The third-order valence-corrected chi connectivity index (χ3v) is 4.93. The van der Waals surface area contributed by atoms with Gasteiger partial charge in [-0.05, 0) is 25.7 Å². The van der Waals surface area contributed by atoms with E-state index in [2.05, 4.69) is 6.92 Å². The van der Waals surface area contributed by atoms with Crippen LogP contribution in [0.2, 0.25) is 0 Å². The predicted octanol–water partition coefficient (Wildman–Crippen LogP) is 5.46. The van der Waals surface area contributed by atoms with E-state index < -0.39 is 6.04 Å². The van der Waals surface area contributed by atoms with E-state index in [4.69, 9.17) is 9.47 Å². The molecule has 0 spiro atoms. The van der Waals surface area contributed by atoms with Crippen molar-refractivity contribution < 1.29 is 19.1 Å². The van der Waals surface area contributed by atoms with Gasteiger partial charge >= 0.3 is 12.1 Å². The number of unbranched alkanes of at least 4 members (excludes halogenated alkanes) is 9. The molecule has 1 fully saturated rings. The lowest BCUT2D eigenvalue weighted by molar-refractivity contribution is -0.148. The lowest BCUT2D eigenvalue weighted by atomic mass is 10.1. The van der Waals surface area contributed by atoms with Gasteiger partial charge in [0.1, 0.15) is 6.04 Å². The number of hydrogen-bond acceptors (Lipinski definition) is 4. The van der Waals surface area contributed by atoms with Gasteiger partial charge in [-0.15, -0.1) is 0 Å². The normalized spacial score (nSPS) is 16.7. The Morgan fingerprint density at radius 3 is 2.04 bits per heavy atom. The highest BCUT2D eigenvalue weighted by Crippen LogP contribution is 2.20. The summed E-state index contributed by atoms with van der Waals surface area (Å²) >= 11 is 0. The minimum Gasteiger partial charge on any atom is -0.464 e. The summed E-state index contributed by atoms with van der Waals surface area (Å²) in [5.74, 6) is -0.271. The van der Waals surface area contributed by atoms with E-state index in [0.29, 0.717) is 26.2 Å². The highest BCUT2D eigenvalue weighted by Gasteiger charge is 2.36. The van der Waals surface area contributed by atoms with Crippen molar-refractivity contribution in [2.24, 2.45) is 0 Å². The quantitative estimate of drug-likeness (QED) is 0.301. The third kappa shape index (κ3) is 9.44. The SMILES string of the molecule is CCCCCCCCCCCCOC(=O)C1CCCN1C(=O)OCCC. The second-order valence-corrected chi connectivity index (χ2v) is 7.32. The molecule has 152 valence electrons. The van der Waals surface area contributed by atoms with E-state index in [1.165, 1.54) is 56.3 Å².